The van der Waals surface area contributed by atoms with Gasteiger partial charge in [0.05, 0.1) is 5.54 Å². The van der Waals surface area contributed by atoms with Crippen molar-refractivity contribution in [2.45, 2.75) is 65.0 Å². The molecule has 1 rings (SSSR count). The summed E-state index contributed by atoms with van der Waals surface area (Å²) in [5, 5.41) is 0. The normalized spacial score (nSPS) is 20.6. The summed E-state index contributed by atoms with van der Waals surface area (Å²) in [5.41, 5.74) is 5.46. The van der Waals surface area contributed by atoms with E-state index in [0.29, 0.717) is 6.04 Å². The van der Waals surface area contributed by atoms with Crippen molar-refractivity contribution in [1.29, 1.82) is 0 Å². The standard InChI is InChI=1S/C15H31N3O/c1-5-10-15(4,16)14(19)18-11-8-13(9-12-18)17(6-2)7-3/h13H,5-12,16H2,1-4H3. The van der Waals surface area contributed by atoms with Crippen LogP contribution in [0.1, 0.15) is 53.4 Å². The van der Waals surface area contributed by atoms with Crippen molar-refractivity contribution in [3.8, 4) is 0 Å². The summed E-state index contributed by atoms with van der Waals surface area (Å²) in [6, 6.07) is 0.634. The van der Waals surface area contributed by atoms with Crippen LogP contribution in [0, 0.1) is 0 Å². The topological polar surface area (TPSA) is 49.6 Å². The minimum atomic E-state index is -0.684. The van der Waals surface area contributed by atoms with Gasteiger partial charge in [-0.05, 0) is 39.3 Å². The van der Waals surface area contributed by atoms with Crippen LogP contribution in [0.2, 0.25) is 0 Å². The van der Waals surface area contributed by atoms with Gasteiger partial charge in [-0.3, -0.25) is 4.79 Å². The molecule has 0 aromatic heterocycles. The molecule has 0 aromatic rings. The van der Waals surface area contributed by atoms with Crippen molar-refractivity contribution in [1.82, 2.24) is 9.80 Å². The number of nitrogens with zero attached hydrogens (tertiary/aromatic N) is 2. The first kappa shape index (κ1) is 16.4. The predicted octanol–water partition coefficient (Wildman–Crippen LogP) is 1.84. The number of hydrogen-bond donors (Lipinski definition) is 1. The zero-order valence-electron chi connectivity index (χ0n) is 13.1. The van der Waals surface area contributed by atoms with Gasteiger partial charge in [-0.1, -0.05) is 27.2 Å². The Labute approximate surface area is 118 Å². The first-order valence-electron chi connectivity index (χ1n) is 7.78. The number of piperidine rings is 1. The Kier molecular flexibility index (Phi) is 6.27. The lowest BCUT2D eigenvalue weighted by Gasteiger charge is -2.40. The molecule has 2 N–H and O–H groups in total. The first-order chi connectivity index (χ1) is 8.96. The van der Waals surface area contributed by atoms with E-state index < -0.39 is 5.54 Å². The molecule has 0 aliphatic carbocycles. The van der Waals surface area contributed by atoms with Crippen molar-refractivity contribution >= 4 is 5.91 Å². The molecule has 0 aromatic carbocycles. The monoisotopic (exact) mass is 269 g/mol. The maximum atomic E-state index is 12.4. The largest absolute Gasteiger partial charge is 0.341 e. The van der Waals surface area contributed by atoms with Gasteiger partial charge in [0, 0.05) is 19.1 Å². The van der Waals surface area contributed by atoms with Crippen LogP contribution in [0.25, 0.3) is 0 Å². The molecule has 1 amide bonds. The summed E-state index contributed by atoms with van der Waals surface area (Å²) in [6.07, 6.45) is 3.88. The maximum absolute atomic E-state index is 12.4. The van der Waals surface area contributed by atoms with Gasteiger partial charge in [-0.15, -0.1) is 0 Å². The van der Waals surface area contributed by atoms with Crippen LogP contribution in [0.4, 0.5) is 0 Å². The third kappa shape index (κ3) is 4.18. The third-order valence-corrected chi connectivity index (χ3v) is 4.34. The van der Waals surface area contributed by atoms with Crippen LogP contribution >= 0.6 is 0 Å². The van der Waals surface area contributed by atoms with E-state index in [4.69, 9.17) is 5.73 Å². The summed E-state index contributed by atoms with van der Waals surface area (Å²) in [5.74, 6) is 0.132. The molecule has 1 aliphatic heterocycles. The van der Waals surface area contributed by atoms with Crippen LogP contribution in [0.5, 0.6) is 0 Å². The number of amides is 1. The average molecular weight is 269 g/mol. The van der Waals surface area contributed by atoms with E-state index >= 15 is 0 Å². The highest BCUT2D eigenvalue weighted by Crippen LogP contribution is 2.20. The van der Waals surface area contributed by atoms with E-state index in [2.05, 4.69) is 25.7 Å². The molecule has 0 spiro atoms. The number of carbonyl (C=O) groups excluding carboxylic acids is 1. The molecular weight excluding hydrogens is 238 g/mol. The van der Waals surface area contributed by atoms with Crippen molar-refractivity contribution in [3.63, 3.8) is 0 Å². The summed E-state index contributed by atoms with van der Waals surface area (Å²) < 4.78 is 0. The molecule has 19 heavy (non-hydrogen) atoms. The van der Waals surface area contributed by atoms with E-state index in [1.54, 1.807) is 0 Å². The SMILES string of the molecule is CCCC(C)(N)C(=O)N1CCC(N(CC)CC)CC1. The molecule has 0 saturated carbocycles. The highest BCUT2D eigenvalue weighted by molar-refractivity contribution is 5.85. The molecule has 1 fully saturated rings. The Hall–Kier alpha value is -0.610. The average Bonchev–Trinajstić information content (AvgIpc) is 2.40. The smallest absolute Gasteiger partial charge is 0.242 e. The summed E-state index contributed by atoms with van der Waals surface area (Å²) >= 11 is 0. The van der Waals surface area contributed by atoms with Crippen LogP contribution in [0.3, 0.4) is 0 Å². The predicted molar refractivity (Wildman–Crippen MR) is 80.0 cm³/mol. The van der Waals surface area contributed by atoms with Gasteiger partial charge in [0.25, 0.3) is 0 Å². The van der Waals surface area contributed by atoms with Gasteiger partial charge in [0.2, 0.25) is 5.91 Å². The van der Waals surface area contributed by atoms with Crippen LogP contribution in [-0.2, 0) is 4.79 Å². The van der Waals surface area contributed by atoms with Crippen molar-refractivity contribution in [2.24, 2.45) is 5.73 Å². The lowest BCUT2D eigenvalue weighted by molar-refractivity contribution is -0.138. The minimum absolute atomic E-state index is 0.132. The lowest BCUT2D eigenvalue weighted by Crippen LogP contribution is -2.56. The molecule has 1 unspecified atom stereocenters. The Morgan fingerprint density at radius 3 is 2.21 bits per heavy atom. The molecule has 1 heterocycles. The summed E-state index contributed by atoms with van der Waals surface area (Å²) in [4.78, 5) is 16.9. The Bertz CT molecular complexity index is 279. The molecule has 4 nitrogen and oxygen atoms in total. The van der Waals surface area contributed by atoms with Crippen LogP contribution in [0.15, 0.2) is 0 Å². The molecule has 1 aliphatic rings. The highest BCUT2D eigenvalue weighted by Gasteiger charge is 2.34. The zero-order valence-corrected chi connectivity index (χ0v) is 13.1. The number of carbonyl (C=O) groups is 1. The third-order valence-electron chi connectivity index (χ3n) is 4.34. The van der Waals surface area contributed by atoms with Gasteiger partial charge in [0.1, 0.15) is 0 Å². The molecule has 1 atom stereocenters. The van der Waals surface area contributed by atoms with Crippen LogP contribution in [-0.4, -0.2) is 53.5 Å². The van der Waals surface area contributed by atoms with Crippen molar-refractivity contribution in [3.05, 3.63) is 0 Å². The highest BCUT2D eigenvalue weighted by atomic mass is 16.2. The van der Waals surface area contributed by atoms with Gasteiger partial charge in [-0.2, -0.15) is 0 Å². The van der Waals surface area contributed by atoms with Gasteiger partial charge in [0.15, 0.2) is 0 Å². The molecule has 0 bridgehead atoms. The molecule has 0 radical (unpaired) electrons. The van der Waals surface area contributed by atoms with E-state index in [-0.39, 0.29) is 5.91 Å². The van der Waals surface area contributed by atoms with E-state index in [1.807, 2.05) is 11.8 Å². The number of rotatable bonds is 6. The van der Waals surface area contributed by atoms with Gasteiger partial charge < -0.3 is 15.5 Å². The van der Waals surface area contributed by atoms with Crippen LogP contribution < -0.4 is 5.73 Å². The second-order valence-electron chi connectivity index (χ2n) is 5.91. The Morgan fingerprint density at radius 1 is 1.26 bits per heavy atom. The fraction of sp³-hybridized carbons (Fsp3) is 0.933. The fourth-order valence-corrected chi connectivity index (χ4v) is 3.16. The lowest BCUT2D eigenvalue weighted by atomic mass is 9.93. The summed E-state index contributed by atoms with van der Waals surface area (Å²) in [7, 11) is 0. The van der Waals surface area contributed by atoms with E-state index in [0.717, 1.165) is 51.9 Å². The van der Waals surface area contributed by atoms with Crippen molar-refractivity contribution < 1.29 is 4.79 Å². The second-order valence-corrected chi connectivity index (χ2v) is 5.91. The van der Waals surface area contributed by atoms with Gasteiger partial charge >= 0.3 is 0 Å². The Morgan fingerprint density at radius 2 is 1.79 bits per heavy atom. The first-order valence-corrected chi connectivity index (χ1v) is 7.78. The van der Waals surface area contributed by atoms with E-state index in [1.165, 1.54) is 0 Å². The number of likely N-dealkylation sites (tertiary alicyclic amines) is 1. The maximum Gasteiger partial charge on any atom is 0.242 e. The van der Waals surface area contributed by atoms with E-state index in [9.17, 15) is 4.79 Å². The quantitative estimate of drug-likeness (QED) is 0.800. The van der Waals surface area contributed by atoms with Gasteiger partial charge in [-0.25, -0.2) is 0 Å². The molecule has 4 heteroatoms. The minimum Gasteiger partial charge on any atom is -0.341 e. The zero-order chi connectivity index (χ0) is 14.5. The molecule has 1 saturated heterocycles. The summed E-state index contributed by atoms with van der Waals surface area (Å²) in [6.45, 7) is 12.3. The molecule has 112 valence electrons. The fourth-order valence-electron chi connectivity index (χ4n) is 3.16. The Balaban J connectivity index is 2.51. The molecular formula is C15H31N3O. The number of nitrogens with two attached hydrogens (primary N) is 1. The number of hydrogen-bond acceptors (Lipinski definition) is 3. The van der Waals surface area contributed by atoms with Crippen molar-refractivity contribution in [2.75, 3.05) is 26.2 Å². The second kappa shape index (κ2) is 7.25.